The van der Waals surface area contributed by atoms with Gasteiger partial charge in [0.2, 0.25) is 0 Å². The van der Waals surface area contributed by atoms with Crippen LogP contribution in [0.25, 0.3) is 0 Å². The molecule has 2 aliphatic rings. The number of fused-ring (bicyclic) bond motifs is 1. The summed E-state index contributed by atoms with van der Waals surface area (Å²) in [5, 5.41) is 10.4. The van der Waals surface area contributed by atoms with Crippen LogP contribution in [0.4, 0.5) is 0 Å². The number of hydrogen-bond donors (Lipinski definition) is 1. The lowest BCUT2D eigenvalue weighted by molar-refractivity contribution is -0.145. The van der Waals surface area contributed by atoms with E-state index in [1.54, 1.807) is 0 Å². The molecule has 0 aromatic heterocycles. The van der Waals surface area contributed by atoms with Gasteiger partial charge in [0.15, 0.2) is 0 Å². The van der Waals surface area contributed by atoms with Crippen molar-refractivity contribution in [2.45, 2.75) is 61.0 Å². The van der Waals surface area contributed by atoms with Gasteiger partial charge in [-0.3, -0.25) is 4.79 Å². The van der Waals surface area contributed by atoms with E-state index in [9.17, 15) is 9.90 Å². The number of benzene rings is 1. The van der Waals surface area contributed by atoms with Crippen LogP contribution in [-0.2, 0) is 16.6 Å². The van der Waals surface area contributed by atoms with Crippen molar-refractivity contribution in [2.75, 3.05) is 0 Å². The summed E-state index contributed by atoms with van der Waals surface area (Å²) in [5.74, 6) is -0.624. The Hall–Kier alpha value is -0.960. The van der Waals surface area contributed by atoms with Gasteiger partial charge in [-0.15, -0.1) is 11.8 Å². The topological polar surface area (TPSA) is 37.3 Å². The second-order valence-electron chi connectivity index (χ2n) is 5.87. The zero-order chi connectivity index (χ0) is 13.5. The molecule has 1 fully saturated rings. The van der Waals surface area contributed by atoms with E-state index in [0.717, 1.165) is 37.7 Å². The lowest BCUT2D eigenvalue weighted by Gasteiger charge is -2.35. The monoisotopic (exact) mass is 276 g/mol. The van der Waals surface area contributed by atoms with Crippen LogP contribution in [0.1, 0.15) is 50.2 Å². The van der Waals surface area contributed by atoms with Gasteiger partial charge < -0.3 is 5.11 Å². The molecule has 0 spiro atoms. The number of thioether (sulfide) groups is 1. The van der Waals surface area contributed by atoms with Gasteiger partial charge in [0.05, 0.1) is 5.41 Å². The summed E-state index contributed by atoms with van der Waals surface area (Å²) in [6.45, 7) is 2.22. The molecule has 102 valence electrons. The first-order valence-corrected chi connectivity index (χ1v) is 8.04. The largest absolute Gasteiger partial charge is 0.481 e. The predicted molar refractivity (Wildman–Crippen MR) is 77.9 cm³/mol. The van der Waals surface area contributed by atoms with Crippen molar-refractivity contribution in [2.24, 2.45) is 0 Å². The Morgan fingerprint density at radius 2 is 2.05 bits per heavy atom. The molecular weight excluding hydrogens is 256 g/mol. The van der Waals surface area contributed by atoms with Crippen LogP contribution in [0.15, 0.2) is 23.1 Å². The van der Waals surface area contributed by atoms with Gasteiger partial charge in [0, 0.05) is 10.1 Å². The number of carboxylic acid groups (broad SMARTS) is 1. The Morgan fingerprint density at radius 1 is 1.32 bits per heavy atom. The predicted octanol–water partition coefficient (Wildman–Crippen LogP) is 4.01. The Bertz CT molecular complexity index is 503. The fraction of sp³-hybridized carbons (Fsp3) is 0.562. The molecule has 0 amide bonds. The molecule has 1 unspecified atom stereocenters. The van der Waals surface area contributed by atoms with E-state index in [4.69, 9.17) is 0 Å². The Morgan fingerprint density at radius 3 is 2.74 bits per heavy atom. The van der Waals surface area contributed by atoms with Gasteiger partial charge in [-0.1, -0.05) is 44.4 Å². The highest BCUT2D eigenvalue weighted by Gasteiger charge is 2.43. The molecule has 0 bridgehead atoms. The first-order chi connectivity index (χ1) is 9.13. The van der Waals surface area contributed by atoms with E-state index in [-0.39, 0.29) is 0 Å². The molecule has 3 rings (SSSR count). The smallest absolute Gasteiger partial charge is 0.314 e. The molecule has 1 aromatic rings. The third kappa shape index (κ3) is 2.08. The third-order valence-electron chi connectivity index (χ3n) is 4.56. The number of carboxylic acids is 1. The summed E-state index contributed by atoms with van der Waals surface area (Å²) in [7, 11) is 0. The summed E-state index contributed by atoms with van der Waals surface area (Å²) in [6, 6.07) is 6.27. The molecule has 0 radical (unpaired) electrons. The van der Waals surface area contributed by atoms with E-state index < -0.39 is 11.4 Å². The summed E-state index contributed by atoms with van der Waals surface area (Å²) >= 11 is 1.86. The normalized spacial score (nSPS) is 25.0. The van der Waals surface area contributed by atoms with Gasteiger partial charge in [0.25, 0.3) is 0 Å². The quantitative estimate of drug-likeness (QED) is 0.886. The maximum absolute atomic E-state index is 11.9. The van der Waals surface area contributed by atoms with Crippen molar-refractivity contribution >= 4 is 17.7 Å². The van der Waals surface area contributed by atoms with Crippen LogP contribution in [0.2, 0.25) is 0 Å². The molecule has 1 heterocycles. The Labute approximate surface area is 118 Å². The van der Waals surface area contributed by atoms with Crippen LogP contribution < -0.4 is 0 Å². The molecule has 3 heteroatoms. The van der Waals surface area contributed by atoms with Gasteiger partial charge >= 0.3 is 5.97 Å². The second kappa shape index (κ2) is 4.86. The van der Waals surface area contributed by atoms with Crippen LogP contribution in [0.3, 0.4) is 0 Å². The van der Waals surface area contributed by atoms with E-state index >= 15 is 0 Å². The second-order valence-corrected chi connectivity index (χ2v) is 7.32. The molecule has 1 aliphatic heterocycles. The van der Waals surface area contributed by atoms with Gasteiger partial charge in [-0.25, -0.2) is 0 Å². The fourth-order valence-electron chi connectivity index (χ4n) is 3.57. The van der Waals surface area contributed by atoms with Gasteiger partial charge in [-0.05, 0) is 30.4 Å². The van der Waals surface area contributed by atoms with Crippen molar-refractivity contribution in [3.05, 3.63) is 29.3 Å². The minimum atomic E-state index is -0.624. The minimum Gasteiger partial charge on any atom is -0.481 e. The highest BCUT2D eigenvalue weighted by Crippen LogP contribution is 2.48. The first kappa shape index (κ1) is 13.0. The lowest BCUT2D eigenvalue weighted by atomic mass is 9.69. The van der Waals surface area contributed by atoms with E-state index in [0.29, 0.717) is 5.25 Å². The van der Waals surface area contributed by atoms with Crippen LogP contribution in [-0.4, -0.2) is 16.3 Å². The van der Waals surface area contributed by atoms with E-state index in [2.05, 4.69) is 19.1 Å². The molecule has 19 heavy (non-hydrogen) atoms. The molecule has 1 saturated carbocycles. The van der Waals surface area contributed by atoms with E-state index in [1.165, 1.54) is 16.9 Å². The molecule has 0 saturated heterocycles. The van der Waals surface area contributed by atoms with Crippen LogP contribution >= 0.6 is 11.8 Å². The molecular formula is C16H20O2S. The molecule has 1 atom stereocenters. The zero-order valence-corrected chi connectivity index (χ0v) is 12.1. The third-order valence-corrected chi connectivity index (χ3v) is 5.84. The van der Waals surface area contributed by atoms with Crippen molar-refractivity contribution in [1.82, 2.24) is 0 Å². The summed E-state index contributed by atoms with van der Waals surface area (Å²) in [4.78, 5) is 13.2. The SMILES string of the molecule is CC1Cc2cccc(C3(C(=O)O)CCCCC3)c2S1. The van der Waals surface area contributed by atoms with Crippen LogP contribution in [0, 0.1) is 0 Å². The van der Waals surface area contributed by atoms with Crippen molar-refractivity contribution in [3.63, 3.8) is 0 Å². The summed E-state index contributed by atoms with van der Waals surface area (Å²) < 4.78 is 0. The number of hydrogen-bond acceptors (Lipinski definition) is 2. The molecule has 1 aromatic carbocycles. The minimum absolute atomic E-state index is 0.575. The van der Waals surface area contributed by atoms with Crippen molar-refractivity contribution in [3.8, 4) is 0 Å². The average molecular weight is 276 g/mol. The van der Waals surface area contributed by atoms with E-state index in [1.807, 2.05) is 17.8 Å². The Kier molecular flexibility index (Phi) is 3.34. The number of aliphatic carboxylic acids is 1. The lowest BCUT2D eigenvalue weighted by Crippen LogP contribution is -2.38. The molecule has 1 aliphatic carbocycles. The standard InChI is InChI=1S/C16H20O2S/c1-11-10-12-6-5-7-13(14(12)19-11)16(15(17)18)8-3-2-4-9-16/h5-7,11H,2-4,8-10H2,1H3,(H,17,18). The first-order valence-electron chi connectivity index (χ1n) is 7.16. The van der Waals surface area contributed by atoms with Gasteiger partial charge in [0.1, 0.15) is 0 Å². The zero-order valence-electron chi connectivity index (χ0n) is 11.3. The fourth-order valence-corrected chi connectivity index (χ4v) is 4.93. The Balaban J connectivity index is 2.10. The molecule has 2 nitrogen and oxygen atoms in total. The number of rotatable bonds is 2. The maximum Gasteiger partial charge on any atom is 0.314 e. The summed E-state index contributed by atoms with van der Waals surface area (Å²) in [6.07, 6.45) is 5.92. The maximum atomic E-state index is 11.9. The van der Waals surface area contributed by atoms with Crippen LogP contribution in [0.5, 0.6) is 0 Å². The van der Waals surface area contributed by atoms with Crippen molar-refractivity contribution in [1.29, 1.82) is 0 Å². The number of carbonyl (C=O) groups is 1. The average Bonchev–Trinajstić information content (AvgIpc) is 2.79. The van der Waals surface area contributed by atoms with Gasteiger partial charge in [-0.2, -0.15) is 0 Å². The highest BCUT2D eigenvalue weighted by molar-refractivity contribution is 8.00. The highest BCUT2D eigenvalue weighted by atomic mass is 32.2. The van der Waals surface area contributed by atoms with Crippen molar-refractivity contribution < 1.29 is 9.90 Å². The summed E-state index contributed by atoms with van der Waals surface area (Å²) in [5.41, 5.74) is 1.81. The molecule has 1 N–H and O–H groups in total.